The molecule has 1 fully saturated rings. The van der Waals surface area contributed by atoms with Gasteiger partial charge in [0.2, 0.25) is 5.91 Å². The third-order valence-electron chi connectivity index (χ3n) is 3.95. The van der Waals surface area contributed by atoms with E-state index in [2.05, 4.69) is 15.3 Å². The fourth-order valence-corrected chi connectivity index (χ4v) is 2.80. The Bertz CT molecular complexity index is 467. The summed E-state index contributed by atoms with van der Waals surface area (Å²) in [5.41, 5.74) is 0.951. The van der Waals surface area contributed by atoms with E-state index >= 15 is 0 Å². The topological polar surface area (TPSA) is 78.4 Å². The Balaban J connectivity index is 1.96. The highest BCUT2D eigenvalue weighted by Crippen LogP contribution is 2.23. The van der Waals surface area contributed by atoms with Crippen LogP contribution in [-0.4, -0.2) is 52.1 Å². The average molecular weight is 292 g/mol. The standard InChI is InChI=1S/C15H24N4O2/c1-12(21)19-8-2-3-13(4-9-19)11-14-15(18-7-10-20)17-6-5-16-14/h5-6,13,20H,2-4,7-11H2,1H3,(H,17,18)/t13-/m1/s1. The molecule has 2 N–H and O–H groups in total. The molecular formula is C15H24N4O2. The van der Waals surface area contributed by atoms with Crippen LogP contribution in [0.5, 0.6) is 0 Å². The summed E-state index contributed by atoms with van der Waals surface area (Å²) < 4.78 is 0. The molecule has 0 spiro atoms. The highest BCUT2D eigenvalue weighted by Gasteiger charge is 2.20. The van der Waals surface area contributed by atoms with Crippen molar-refractivity contribution in [2.24, 2.45) is 5.92 Å². The molecule has 1 amide bonds. The van der Waals surface area contributed by atoms with Gasteiger partial charge in [0.05, 0.1) is 12.3 Å². The van der Waals surface area contributed by atoms with Crippen LogP contribution in [0.4, 0.5) is 5.82 Å². The second kappa shape index (κ2) is 7.93. The molecular weight excluding hydrogens is 268 g/mol. The van der Waals surface area contributed by atoms with Crippen LogP contribution in [0, 0.1) is 5.92 Å². The molecule has 0 aliphatic carbocycles. The normalized spacial score (nSPS) is 19.1. The van der Waals surface area contributed by atoms with Crippen molar-refractivity contribution >= 4 is 11.7 Å². The minimum absolute atomic E-state index is 0.0764. The molecule has 1 aromatic heterocycles. The maximum atomic E-state index is 11.5. The van der Waals surface area contributed by atoms with Crippen molar-refractivity contribution in [3.05, 3.63) is 18.1 Å². The predicted octanol–water partition coefficient (Wildman–Crippen LogP) is 1.07. The lowest BCUT2D eigenvalue weighted by Crippen LogP contribution is -2.29. The van der Waals surface area contributed by atoms with Crippen LogP contribution >= 0.6 is 0 Å². The summed E-state index contributed by atoms with van der Waals surface area (Å²) in [4.78, 5) is 22.1. The second-order valence-corrected chi connectivity index (χ2v) is 5.51. The highest BCUT2D eigenvalue weighted by molar-refractivity contribution is 5.73. The lowest BCUT2D eigenvalue weighted by molar-refractivity contribution is -0.128. The van der Waals surface area contributed by atoms with E-state index in [1.807, 2.05) is 4.90 Å². The van der Waals surface area contributed by atoms with E-state index in [-0.39, 0.29) is 12.5 Å². The largest absolute Gasteiger partial charge is 0.395 e. The van der Waals surface area contributed by atoms with Crippen molar-refractivity contribution in [3.8, 4) is 0 Å². The van der Waals surface area contributed by atoms with E-state index in [0.29, 0.717) is 12.5 Å². The number of aliphatic hydroxyl groups is 1. The Hall–Kier alpha value is -1.69. The minimum Gasteiger partial charge on any atom is -0.395 e. The van der Waals surface area contributed by atoms with E-state index in [1.165, 1.54) is 0 Å². The zero-order chi connectivity index (χ0) is 15.1. The van der Waals surface area contributed by atoms with Gasteiger partial charge in [-0.15, -0.1) is 0 Å². The van der Waals surface area contributed by atoms with Crippen molar-refractivity contribution in [1.82, 2.24) is 14.9 Å². The molecule has 1 aliphatic heterocycles. The predicted molar refractivity (Wildman–Crippen MR) is 80.9 cm³/mol. The number of rotatable bonds is 5. The van der Waals surface area contributed by atoms with E-state index < -0.39 is 0 Å². The molecule has 2 heterocycles. The number of nitrogens with zero attached hydrogens (tertiary/aromatic N) is 3. The minimum atomic E-state index is 0.0764. The fourth-order valence-electron chi connectivity index (χ4n) is 2.80. The Morgan fingerprint density at radius 1 is 1.38 bits per heavy atom. The molecule has 2 rings (SSSR count). The lowest BCUT2D eigenvalue weighted by Gasteiger charge is -2.18. The molecule has 116 valence electrons. The van der Waals surface area contributed by atoms with Crippen LogP contribution < -0.4 is 5.32 Å². The number of amides is 1. The number of carbonyl (C=O) groups is 1. The Kier molecular flexibility index (Phi) is 5.92. The molecule has 6 heteroatoms. The zero-order valence-corrected chi connectivity index (χ0v) is 12.6. The summed E-state index contributed by atoms with van der Waals surface area (Å²) in [6.45, 7) is 3.89. The first-order valence-electron chi connectivity index (χ1n) is 7.61. The fraction of sp³-hybridized carbons (Fsp3) is 0.667. The third kappa shape index (κ3) is 4.67. The molecule has 6 nitrogen and oxygen atoms in total. The average Bonchev–Trinajstić information content (AvgIpc) is 2.72. The van der Waals surface area contributed by atoms with Crippen molar-refractivity contribution in [1.29, 1.82) is 0 Å². The van der Waals surface area contributed by atoms with E-state index in [1.54, 1.807) is 19.3 Å². The molecule has 1 saturated heterocycles. The summed E-state index contributed by atoms with van der Waals surface area (Å²) in [5, 5.41) is 12.0. The highest BCUT2D eigenvalue weighted by atomic mass is 16.3. The van der Waals surface area contributed by atoms with Crippen molar-refractivity contribution in [2.75, 3.05) is 31.6 Å². The lowest BCUT2D eigenvalue weighted by atomic mass is 9.95. The molecule has 0 saturated carbocycles. The number of carbonyl (C=O) groups excluding carboxylic acids is 1. The van der Waals surface area contributed by atoms with Gasteiger partial charge in [-0.25, -0.2) is 4.98 Å². The summed E-state index contributed by atoms with van der Waals surface area (Å²) in [6.07, 6.45) is 7.40. The third-order valence-corrected chi connectivity index (χ3v) is 3.95. The maximum Gasteiger partial charge on any atom is 0.219 e. The molecule has 0 bridgehead atoms. The number of aliphatic hydroxyl groups excluding tert-OH is 1. The van der Waals surface area contributed by atoms with Crippen LogP contribution in [0.3, 0.4) is 0 Å². The Morgan fingerprint density at radius 2 is 2.19 bits per heavy atom. The quantitative estimate of drug-likeness (QED) is 0.849. The SMILES string of the molecule is CC(=O)N1CCC[C@@H](Cc2nccnc2NCCO)CC1. The number of likely N-dealkylation sites (tertiary alicyclic amines) is 1. The molecule has 0 radical (unpaired) electrons. The summed E-state index contributed by atoms with van der Waals surface area (Å²) in [6, 6.07) is 0. The van der Waals surface area contributed by atoms with Crippen LogP contribution in [-0.2, 0) is 11.2 Å². The van der Waals surface area contributed by atoms with Gasteiger partial charge in [-0.3, -0.25) is 9.78 Å². The van der Waals surface area contributed by atoms with Gasteiger partial charge in [0.1, 0.15) is 5.82 Å². The zero-order valence-electron chi connectivity index (χ0n) is 12.6. The Labute approximate surface area is 125 Å². The molecule has 21 heavy (non-hydrogen) atoms. The molecule has 1 aliphatic rings. The monoisotopic (exact) mass is 292 g/mol. The first-order valence-corrected chi connectivity index (χ1v) is 7.61. The number of nitrogens with one attached hydrogen (secondary N) is 1. The number of aromatic nitrogens is 2. The summed E-state index contributed by atoms with van der Waals surface area (Å²) >= 11 is 0. The van der Waals surface area contributed by atoms with Gasteiger partial charge in [0, 0.05) is 39.0 Å². The van der Waals surface area contributed by atoms with E-state index in [0.717, 1.165) is 50.3 Å². The first-order chi connectivity index (χ1) is 10.2. The molecule has 1 aromatic rings. The van der Waals surface area contributed by atoms with Crippen molar-refractivity contribution in [3.63, 3.8) is 0 Å². The van der Waals surface area contributed by atoms with Crippen molar-refractivity contribution < 1.29 is 9.90 Å². The van der Waals surface area contributed by atoms with Gasteiger partial charge < -0.3 is 15.3 Å². The number of anilines is 1. The van der Waals surface area contributed by atoms with Crippen LogP contribution in [0.1, 0.15) is 31.9 Å². The smallest absolute Gasteiger partial charge is 0.219 e. The molecule has 0 unspecified atom stereocenters. The molecule has 0 aromatic carbocycles. The van der Waals surface area contributed by atoms with E-state index in [4.69, 9.17) is 5.11 Å². The van der Waals surface area contributed by atoms with Gasteiger partial charge in [-0.2, -0.15) is 0 Å². The van der Waals surface area contributed by atoms with Crippen molar-refractivity contribution in [2.45, 2.75) is 32.6 Å². The van der Waals surface area contributed by atoms with Crippen LogP contribution in [0.2, 0.25) is 0 Å². The van der Waals surface area contributed by atoms with Gasteiger partial charge in [-0.1, -0.05) is 0 Å². The number of hydrogen-bond acceptors (Lipinski definition) is 5. The summed E-state index contributed by atoms with van der Waals surface area (Å²) in [5.74, 6) is 1.46. The van der Waals surface area contributed by atoms with Crippen LogP contribution in [0.15, 0.2) is 12.4 Å². The van der Waals surface area contributed by atoms with Gasteiger partial charge >= 0.3 is 0 Å². The maximum absolute atomic E-state index is 11.5. The van der Waals surface area contributed by atoms with Gasteiger partial charge in [-0.05, 0) is 31.6 Å². The van der Waals surface area contributed by atoms with Gasteiger partial charge in [0.25, 0.3) is 0 Å². The first kappa shape index (κ1) is 15.7. The Morgan fingerprint density at radius 3 is 2.95 bits per heavy atom. The second-order valence-electron chi connectivity index (χ2n) is 5.51. The van der Waals surface area contributed by atoms with Gasteiger partial charge in [0.15, 0.2) is 0 Å². The van der Waals surface area contributed by atoms with Crippen LogP contribution in [0.25, 0.3) is 0 Å². The number of hydrogen-bond donors (Lipinski definition) is 2. The molecule has 1 atom stereocenters. The summed E-state index contributed by atoms with van der Waals surface area (Å²) in [7, 11) is 0. The van der Waals surface area contributed by atoms with E-state index in [9.17, 15) is 4.79 Å².